The molecular weight excluding hydrogens is 248 g/mol. The monoisotopic (exact) mass is 268 g/mol. The molecule has 0 aliphatic carbocycles. The van der Waals surface area contributed by atoms with Gasteiger partial charge in [-0.25, -0.2) is 4.98 Å². The Hall–Kier alpha value is -1.00. The number of nitrogens with zero attached hydrogens (tertiary/aromatic N) is 2. The van der Waals surface area contributed by atoms with Crippen molar-refractivity contribution in [1.82, 2.24) is 9.88 Å². The van der Waals surface area contributed by atoms with Crippen molar-refractivity contribution in [2.24, 2.45) is 5.92 Å². The van der Waals surface area contributed by atoms with Crippen LogP contribution in [0.25, 0.3) is 0 Å². The van der Waals surface area contributed by atoms with E-state index in [-0.39, 0.29) is 0 Å². The molecule has 0 radical (unpaired) electrons. The van der Waals surface area contributed by atoms with Gasteiger partial charge in [-0.1, -0.05) is 11.6 Å². The number of rotatable bonds is 4. The van der Waals surface area contributed by atoms with Gasteiger partial charge in [0.2, 0.25) is 0 Å². The summed E-state index contributed by atoms with van der Waals surface area (Å²) < 4.78 is 0. The SMILES string of the molecule is CN1CCC(CCNc2ncc(N)cc2Cl)CC1. The van der Waals surface area contributed by atoms with Crippen molar-refractivity contribution in [3.05, 3.63) is 17.3 Å². The van der Waals surface area contributed by atoms with Crippen molar-refractivity contribution in [3.8, 4) is 0 Å². The van der Waals surface area contributed by atoms with E-state index in [1.165, 1.54) is 32.4 Å². The average molecular weight is 269 g/mol. The van der Waals surface area contributed by atoms with Crippen LogP contribution in [0.1, 0.15) is 19.3 Å². The first-order chi connectivity index (χ1) is 8.65. The Morgan fingerprint density at radius 2 is 2.22 bits per heavy atom. The number of nitrogens with one attached hydrogen (secondary N) is 1. The Morgan fingerprint density at radius 1 is 1.50 bits per heavy atom. The van der Waals surface area contributed by atoms with Gasteiger partial charge >= 0.3 is 0 Å². The fraction of sp³-hybridized carbons (Fsp3) is 0.615. The van der Waals surface area contributed by atoms with Crippen molar-refractivity contribution in [2.75, 3.05) is 37.7 Å². The molecule has 1 fully saturated rings. The van der Waals surface area contributed by atoms with E-state index < -0.39 is 0 Å². The van der Waals surface area contributed by atoms with E-state index in [9.17, 15) is 0 Å². The molecule has 0 spiro atoms. The molecule has 3 N–H and O–H groups in total. The van der Waals surface area contributed by atoms with Crippen LogP contribution in [-0.2, 0) is 0 Å². The van der Waals surface area contributed by atoms with E-state index in [1.54, 1.807) is 12.3 Å². The van der Waals surface area contributed by atoms with Crippen molar-refractivity contribution >= 4 is 23.1 Å². The van der Waals surface area contributed by atoms with Crippen LogP contribution in [0.15, 0.2) is 12.3 Å². The summed E-state index contributed by atoms with van der Waals surface area (Å²) in [4.78, 5) is 6.59. The zero-order chi connectivity index (χ0) is 13.0. The molecule has 0 aromatic carbocycles. The lowest BCUT2D eigenvalue weighted by molar-refractivity contribution is 0.215. The van der Waals surface area contributed by atoms with E-state index in [0.29, 0.717) is 10.7 Å². The van der Waals surface area contributed by atoms with Crippen LogP contribution in [0.3, 0.4) is 0 Å². The number of piperidine rings is 1. The van der Waals surface area contributed by atoms with Crippen LogP contribution >= 0.6 is 11.6 Å². The molecule has 1 aromatic rings. The van der Waals surface area contributed by atoms with Crippen molar-refractivity contribution in [3.63, 3.8) is 0 Å². The first-order valence-corrected chi connectivity index (χ1v) is 6.86. The van der Waals surface area contributed by atoms with Gasteiger partial charge in [0.15, 0.2) is 0 Å². The molecule has 18 heavy (non-hydrogen) atoms. The van der Waals surface area contributed by atoms with Gasteiger partial charge in [0, 0.05) is 6.54 Å². The largest absolute Gasteiger partial charge is 0.397 e. The van der Waals surface area contributed by atoms with Gasteiger partial charge in [0.1, 0.15) is 5.82 Å². The normalized spacial score (nSPS) is 17.9. The number of hydrogen-bond donors (Lipinski definition) is 2. The molecule has 1 saturated heterocycles. The van der Waals surface area contributed by atoms with Crippen LogP contribution in [-0.4, -0.2) is 36.6 Å². The molecule has 0 saturated carbocycles. The Labute approximate surface area is 114 Å². The standard InChI is InChI=1S/C13H21ClN4/c1-18-6-3-10(4-7-18)2-5-16-13-12(14)8-11(15)9-17-13/h8-10H,2-7,15H2,1H3,(H,16,17). The van der Waals surface area contributed by atoms with Gasteiger partial charge in [0.25, 0.3) is 0 Å². The first-order valence-electron chi connectivity index (χ1n) is 6.48. The predicted octanol–water partition coefficient (Wildman–Crippen LogP) is 2.46. The van der Waals surface area contributed by atoms with Crippen LogP contribution in [0.2, 0.25) is 5.02 Å². The molecular formula is C13H21ClN4. The number of halogens is 1. The highest BCUT2D eigenvalue weighted by Gasteiger charge is 2.16. The second kappa shape index (κ2) is 6.25. The summed E-state index contributed by atoms with van der Waals surface area (Å²) >= 11 is 6.06. The molecule has 1 aliphatic heterocycles. The van der Waals surface area contributed by atoms with Crippen molar-refractivity contribution in [2.45, 2.75) is 19.3 Å². The fourth-order valence-corrected chi connectivity index (χ4v) is 2.57. The van der Waals surface area contributed by atoms with Gasteiger partial charge in [-0.15, -0.1) is 0 Å². The molecule has 1 aromatic heterocycles. The van der Waals surface area contributed by atoms with Crippen LogP contribution in [0.5, 0.6) is 0 Å². The molecule has 0 unspecified atom stereocenters. The Morgan fingerprint density at radius 3 is 2.89 bits per heavy atom. The maximum atomic E-state index is 6.06. The number of hydrogen-bond acceptors (Lipinski definition) is 4. The highest BCUT2D eigenvalue weighted by Crippen LogP contribution is 2.23. The highest BCUT2D eigenvalue weighted by molar-refractivity contribution is 6.33. The van der Waals surface area contributed by atoms with Gasteiger partial charge in [-0.2, -0.15) is 0 Å². The zero-order valence-electron chi connectivity index (χ0n) is 10.8. The summed E-state index contributed by atoms with van der Waals surface area (Å²) in [6.07, 6.45) is 5.39. The van der Waals surface area contributed by atoms with Crippen molar-refractivity contribution in [1.29, 1.82) is 0 Å². The fourth-order valence-electron chi connectivity index (χ4n) is 2.33. The van der Waals surface area contributed by atoms with Gasteiger partial charge < -0.3 is 16.0 Å². The molecule has 0 atom stereocenters. The summed E-state index contributed by atoms with van der Waals surface area (Å²) in [5, 5.41) is 3.88. The second-order valence-corrected chi connectivity index (χ2v) is 5.47. The van der Waals surface area contributed by atoms with E-state index in [2.05, 4.69) is 22.2 Å². The summed E-state index contributed by atoms with van der Waals surface area (Å²) in [6, 6.07) is 1.73. The molecule has 4 nitrogen and oxygen atoms in total. The number of likely N-dealkylation sites (tertiary alicyclic amines) is 1. The van der Waals surface area contributed by atoms with E-state index in [0.717, 1.165) is 18.3 Å². The number of aromatic nitrogens is 1. The average Bonchev–Trinajstić information content (AvgIpc) is 2.34. The minimum atomic E-state index is 0.596. The maximum Gasteiger partial charge on any atom is 0.144 e. The summed E-state index contributed by atoms with van der Waals surface area (Å²) in [5.74, 6) is 1.56. The van der Waals surface area contributed by atoms with E-state index in [1.807, 2.05) is 0 Å². The zero-order valence-corrected chi connectivity index (χ0v) is 11.6. The maximum absolute atomic E-state index is 6.06. The summed E-state index contributed by atoms with van der Waals surface area (Å²) in [7, 11) is 2.19. The Kier molecular flexibility index (Phi) is 4.66. The first kappa shape index (κ1) is 13.4. The molecule has 0 amide bonds. The van der Waals surface area contributed by atoms with Crippen molar-refractivity contribution < 1.29 is 0 Å². The predicted molar refractivity (Wildman–Crippen MR) is 77.0 cm³/mol. The molecule has 5 heteroatoms. The third-order valence-electron chi connectivity index (χ3n) is 3.55. The lowest BCUT2D eigenvalue weighted by atomic mass is 9.94. The van der Waals surface area contributed by atoms with Crippen LogP contribution < -0.4 is 11.1 Å². The van der Waals surface area contributed by atoms with Crippen LogP contribution in [0, 0.1) is 5.92 Å². The summed E-state index contributed by atoms with van der Waals surface area (Å²) in [6.45, 7) is 3.35. The lowest BCUT2D eigenvalue weighted by Crippen LogP contribution is -2.30. The smallest absolute Gasteiger partial charge is 0.144 e. The minimum absolute atomic E-state index is 0.596. The molecule has 2 heterocycles. The van der Waals surface area contributed by atoms with E-state index in [4.69, 9.17) is 17.3 Å². The summed E-state index contributed by atoms with van der Waals surface area (Å²) in [5.41, 5.74) is 6.20. The number of anilines is 2. The Bertz CT molecular complexity index is 389. The third-order valence-corrected chi connectivity index (χ3v) is 3.83. The third kappa shape index (κ3) is 3.75. The van der Waals surface area contributed by atoms with Gasteiger partial charge in [-0.05, 0) is 51.4 Å². The molecule has 100 valence electrons. The van der Waals surface area contributed by atoms with Gasteiger partial charge in [0.05, 0.1) is 16.9 Å². The lowest BCUT2D eigenvalue weighted by Gasteiger charge is -2.28. The van der Waals surface area contributed by atoms with Gasteiger partial charge in [-0.3, -0.25) is 0 Å². The second-order valence-electron chi connectivity index (χ2n) is 5.06. The topological polar surface area (TPSA) is 54.2 Å². The number of nitrogen functional groups attached to an aromatic ring is 1. The highest BCUT2D eigenvalue weighted by atomic mass is 35.5. The minimum Gasteiger partial charge on any atom is -0.397 e. The number of nitrogens with two attached hydrogens (primary N) is 1. The quantitative estimate of drug-likeness (QED) is 0.881. The molecule has 2 rings (SSSR count). The molecule has 1 aliphatic rings. The van der Waals surface area contributed by atoms with Crippen LogP contribution in [0.4, 0.5) is 11.5 Å². The molecule has 0 bridgehead atoms. The number of pyridine rings is 1. The van der Waals surface area contributed by atoms with E-state index >= 15 is 0 Å². The Balaban J connectivity index is 1.75.